The maximum absolute atomic E-state index is 14.7. The van der Waals surface area contributed by atoms with Gasteiger partial charge in [0.15, 0.2) is 16.1 Å². The first kappa shape index (κ1) is 23.0. The highest BCUT2D eigenvalue weighted by Crippen LogP contribution is 2.41. The zero-order chi connectivity index (χ0) is 22.7. The van der Waals surface area contributed by atoms with E-state index in [1.165, 1.54) is 17.3 Å². The molecule has 32 heavy (non-hydrogen) atoms. The van der Waals surface area contributed by atoms with Gasteiger partial charge in [0.2, 0.25) is 5.88 Å². The van der Waals surface area contributed by atoms with E-state index >= 15 is 0 Å². The second kappa shape index (κ2) is 10.2. The van der Waals surface area contributed by atoms with Gasteiger partial charge in [0.1, 0.15) is 23.3 Å². The largest absolute Gasteiger partial charge is 0.475 e. The minimum Gasteiger partial charge on any atom is -0.475 e. The molecule has 0 saturated heterocycles. The van der Waals surface area contributed by atoms with Crippen molar-refractivity contribution in [2.75, 3.05) is 24.3 Å². The lowest BCUT2D eigenvalue weighted by molar-refractivity contribution is -0.0209. The molecule has 5 rings (SSSR count). The first-order chi connectivity index (χ1) is 15.6. The Morgan fingerprint density at radius 2 is 1.94 bits per heavy atom. The third-order valence-corrected chi connectivity index (χ3v) is 6.33. The number of thioether (sulfide) groups is 1. The van der Waals surface area contributed by atoms with E-state index in [0.717, 1.165) is 12.8 Å². The molecule has 1 aromatic carbocycles. The molecule has 0 bridgehead atoms. The summed E-state index contributed by atoms with van der Waals surface area (Å²) in [6.45, 7) is 5.65. The number of halogens is 2. The number of hydrogen-bond donors (Lipinski definition) is 0. The molecule has 0 amide bonds. The molecule has 0 spiro atoms. The van der Waals surface area contributed by atoms with Crippen molar-refractivity contribution in [1.29, 1.82) is 0 Å². The van der Waals surface area contributed by atoms with Gasteiger partial charge in [-0.1, -0.05) is 67.5 Å². The molecule has 1 saturated carbocycles. The van der Waals surface area contributed by atoms with Crippen LogP contribution in [0.2, 0.25) is 5.15 Å². The van der Waals surface area contributed by atoms with Crippen molar-refractivity contribution in [3.8, 4) is 5.88 Å². The van der Waals surface area contributed by atoms with Crippen LogP contribution in [-0.4, -0.2) is 46.5 Å². The van der Waals surface area contributed by atoms with Gasteiger partial charge in [-0.3, -0.25) is 0 Å². The molecule has 2 aromatic heterocycles. The predicted molar refractivity (Wildman–Crippen MR) is 126 cm³/mol. The summed E-state index contributed by atoms with van der Waals surface area (Å²) in [5, 5.41) is 0.745. The topological polar surface area (TPSA) is 60.4 Å². The van der Waals surface area contributed by atoms with E-state index in [1.54, 1.807) is 0 Å². The van der Waals surface area contributed by atoms with E-state index in [0.29, 0.717) is 36.1 Å². The van der Waals surface area contributed by atoms with Crippen molar-refractivity contribution in [2.45, 2.75) is 50.6 Å². The lowest BCUT2D eigenvalue weighted by Gasteiger charge is -2.43. The molecule has 2 aliphatic rings. The van der Waals surface area contributed by atoms with E-state index in [9.17, 15) is 4.39 Å². The zero-order valence-corrected chi connectivity index (χ0v) is 19.9. The normalized spacial score (nSPS) is 19.5. The van der Waals surface area contributed by atoms with Crippen LogP contribution in [0, 0.1) is 5.82 Å². The molecule has 1 aliphatic carbocycles. The smallest absolute Gasteiger partial charge is 0.228 e. The molecule has 3 heterocycles. The molecular formula is C23H26ClFN4O2S. The van der Waals surface area contributed by atoms with Gasteiger partial charge in [0, 0.05) is 6.04 Å². The Morgan fingerprint density at radius 1 is 1.19 bits per heavy atom. The monoisotopic (exact) mass is 476 g/mol. The van der Waals surface area contributed by atoms with E-state index in [4.69, 9.17) is 26.1 Å². The molecule has 170 valence electrons. The number of hydrogen-bond acceptors (Lipinski definition) is 7. The van der Waals surface area contributed by atoms with Gasteiger partial charge in [-0.25, -0.2) is 14.4 Å². The third-order valence-electron chi connectivity index (χ3n) is 5.54. The van der Waals surface area contributed by atoms with Crippen LogP contribution in [0.1, 0.15) is 32.3 Å². The number of pyridine rings is 1. The van der Waals surface area contributed by atoms with Gasteiger partial charge in [0.25, 0.3) is 0 Å². The van der Waals surface area contributed by atoms with Crippen LogP contribution in [0.15, 0.2) is 35.5 Å². The minimum atomic E-state index is -0.641. The van der Waals surface area contributed by atoms with Crippen LogP contribution >= 0.6 is 23.4 Å². The molecular weight excluding hydrogens is 451 g/mol. The van der Waals surface area contributed by atoms with E-state index in [1.807, 2.05) is 38.3 Å². The van der Waals surface area contributed by atoms with Crippen LogP contribution in [0.3, 0.4) is 0 Å². The summed E-state index contributed by atoms with van der Waals surface area (Å²) >= 11 is 7.34. The second-order valence-electron chi connectivity index (χ2n) is 7.36. The highest BCUT2D eigenvalue weighted by molar-refractivity contribution is 7.98. The molecule has 3 aromatic rings. The Morgan fingerprint density at radius 3 is 2.66 bits per heavy atom. The standard InChI is InChI=1S/C21H20ClFN4O2S.C2H6/c1-30-21-24-17-15-19(26-21)27(7-8-28-20(15)25-18(22)16(17)23)13-9-14(10-13)29-11-12-5-3-2-4-6-12;1-2/h2-6,13-14H,7-11H2,1H3;1-2H3. The maximum atomic E-state index is 14.7. The van der Waals surface area contributed by atoms with Crippen LogP contribution < -0.4 is 9.64 Å². The van der Waals surface area contributed by atoms with E-state index < -0.39 is 5.82 Å². The predicted octanol–water partition coefficient (Wildman–Crippen LogP) is 5.51. The third kappa shape index (κ3) is 4.49. The fraction of sp³-hybridized carbons (Fsp3) is 0.435. The summed E-state index contributed by atoms with van der Waals surface area (Å²) in [6.07, 6.45) is 3.82. The summed E-state index contributed by atoms with van der Waals surface area (Å²) in [4.78, 5) is 15.3. The summed E-state index contributed by atoms with van der Waals surface area (Å²) < 4.78 is 26.6. The highest BCUT2D eigenvalue weighted by Gasteiger charge is 2.38. The maximum Gasteiger partial charge on any atom is 0.228 e. The van der Waals surface area contributed by atoms with Crippen LogP contribution in [0.5, 0.6) is 5.88 Å². The number of nitrogens with zero attached hydrogens (tertiary/aromatic N) is 4. The van der Waals surface area contributed by atoms with Gasteiger partial charge in [-0.15, -0.1) is 0 Å². The Kier molecular flexibility index (Phi) is 7.33. The molecule has 0 N–H and O–H groups in total. The van der Waals surface area contributed by atoms with Crippen LogP contribution in [-0.2, 0) is 11.3 Å². The van der Waals surface area contributed by atoms with Gasteiger partial charge in [0.05, 0.1) is 19.3 Å². The lowest BCUT2D eigenvalue weighted by Crippen LogP contribution is -2.49. The Bertz CT molecular complexity index is 1080. The van der Waals surface area contributed by atoms with Gasteiger partial charge < -0.3 is 14.4 Å². The average molecular weight is 477 g/mol. The van der Waals surface area contributed by atoms with Crippen LogP contribution in [0.4, 0.5) is 10.2 Å². The number of aromatic nitrogens is 3. The lowest BCUT2D eigenvalue weighted by atomic mass is 9.87. The fourth-order valence-electron chi connectivity index (χ4n) is 3.90. The van der Waals surface area contributed by atoms with Crippen molar-refractivity contribution in [1.82, 2.24) is 15.0 Å². The van der Waals surface area contributed by atoms with Gasteiger partial charge in [-0.2, -0.15) is 4.98 Å². The number of ether oxygens (including phenoxy) is 2. The van der Waals surface area contributed by atoms with Crippen molar-refractivity contribution in [3.05, 3.63) is 46.9 Å². The fourth-order valence-corrected chi connectivity index (χ4v) is 4.43. The van der Waals surface area contributed by atoms with Crippen molar-refractivity contribution >= 4 is 40.1 Å². The van der Waals surface area contributed by atoms with Gasteiger partial charge in [-0.05, 0) is 24.7 Å². The first-order valence-corrected chi connectivity index (χ1v) is 12.4. The quantitative estimate of drug-likeness (QED) is 0.273. The molecule has 9 heteroatoms. The Balaban J connectivity index is 0.00000119. The Hall–Kier alpha value is -2.16. The number of anilines is 1. The zero-order valence-electron chi connectivity index (χ0n) is 18.3. The number of benzene rings is 1. The molecule has 1 aliphatic heterocycles. The second-order valence-corrected chi connectivity index (χ2v) is 8.50. The van der Waals surface area contributed by atoms with Crippen LogP contribution in [0.25, 0.3) is 10.9 Å². The first-order valence-electron chi connectivity index (χ1n) is 10.8. The minimum absolute atomic E-state index is 0.155. The molecule has 1 fully saturated rings. The highest BCUT2D eigenvalue weighted by atomic mass is 35.5. The van der Waals surface area contributed by atoms with Crippen molar-refractivity contribution < 1.29 is 13.9 Å². The molecule has 0 atom stereocenters. The summed E-state index contributed by atoms with van der Waals surface area (Å²) in [6, 6.07) is 10.4. The number of rotatable bonds is 5. The summed E-state index contributed by atoms with van der Waals surface area (Å²) in [7, 11) is 0. The SMILES string of the molecule is CC.CSc1nc2c3c(nc(Cl)c(F)c3n1)OCCN2C1CC(OCc2ccccc2)C1. The summed E-state index contributed by atoms with van der Waals surface area (Å²) in [5.41, 5.74) is 1.32. The molecule has 0 unspecified atom stereocenters. The molecule has 6 nitrogen and oxygen atoms in total. The van der Waals surface area contributed by atoms with E-state index in [2.05, 4.69) is 27.0 Å². The molecule has 0 radical (unpaired) electrons. The van der Waals surface area contributed by atoms with Gasteiger partial charge >= 0.3 is 0 Å². The van der Waals surface area contributed by atoms with Crippen molar-refractivity contribution in [2.24, 2.45) is 0 Å². The van der Waals surface area contributed by atoms with Crippen molar-refractivity contribution in [3.63, 3.8) is 0 Å². The Labute approximate surface area is 196 Å². The average Bonchev–Trinajstić information content (AvgIpc) is 2.98. The summed E-state index contributed by atoms with van der Waals surface area (Å²) in [5.74, 6) is 0.307. The van der Waals surface area contributed by atoms with E-state index in [-0.39, 0.29) is 28.7 Å².